The van der Waals surface area contributed by atoms with Crippen LogP contribution < -0.4 is 0 Å². The van der Waals surface area contributed by atoms with Crippen LogP contribution in [0.1, 0.15) is 76.1 Å². The molecule has 40 heavy (non-hydrogen) atoms. The van der Waals surface area contributed by atoms with Gasteiger partial charge in [0.05, 0.1) is 0 Å². The Morgan fingerprint density at radius 3 is 2.30 bits per heavy atom. The van der Waals surface area contributed by atoms with E-state index in [2.05, 4.69) is 97.1 Å². The summed E-state index contributed by atoms with van der Waals surface area (Å²) in [6.45, 7) is 0. The van der Waals surface area contributed by atoms with Crippen molar-refractivity contribution < 1.29 is 0 Å². The van der Waals surface area contributed by atoms with E-state index in [1.807, 2.05) is 11.3 Å². The lowest BCUT2D eigenvalue weighted by Gasteiger charge is -2.38. The molecule has 0 amide bonds. The molecule has 0 N–H and O–H groups in total. The number of rotatable bonds is 2. The van der Waals surface area contributed by atoms with Gasteiger partial charge in [-0.1, -0.05) is 104 Å². The summed E-state index contributed by atoms with van der Waals surface area (Å²) in [5, 5.41) is 2.89. The first-order chi connectivity index (χ1) is 19.8. The average Bonchev–Trinajstić information content (AvgIpc) is 3.66. The van der Waals surface area contributed by atoms with Gasteiger partial charge >= 0.3 is 0 Å². The Labute approximate surface area is 240 Å². The first-order valence-electron chi connectivity index (χ1n) is 15.1. The quantitative estimate of drug-likeness (QED) is 0.212. The predicted molar refractivity (Wildman–Crippen MR) is 171 cm³/mol. The van der Waals surface area contributed by atoms with Gasteiger partial charge in [0.1, 0.15) is 0 Å². The molecular formula is C39H32S. The highest BCUT2D eigenvalue weighted by Gasteiger charge is 2.43. The second-order valence-electron chi connectivity index (χ2n) is 12.2. The van der Waals surface area contributed by atoms with E-state index in [0.29, 0.717) is 0 Å². The van der Waals surface area contributed by atoms with Crippen molar-refractivity contribution in [3.05, 3.63) is 129 Å². The minimum atomic E-state index is 0.172. The van der Waals surface area contributed by atoms with Gasteiger partial charge in [-0.3, -0.25) is 0 Å². The van der Waals surface area contributed by atoms with Gasteiger partial charge in [-0.05, 0) is 111 Å². The van der Waals surface area contributed by atoms with Crippen LogP contribution >= 0.6 is 11.3 Å². The molecule has 4 aliphatic carbocycles. The molecule has 1 fully saturated rings. The van der Waals surface area contributed by atoms with Crippen LogP contribution in [-0.4, -0.2) is 0 Å². The molecule has 0 unspecified atom stereocenters. The molecule has 194 valence electrons. The predicted octanol–water partition coefficient (Wildman–Crippen LogP) is 10.7. The zero-order valence-electron chi connectivity index (χ0n) is 22.8. The maximum absolute atomic E-state index is 2.48. The molecule has 1 heterocycles. The van der Waals surface area contributed by atoms with Gasteiger partial charge in [0, 0.05) is 15.2 Å². The minimum absolute atomic E-state index is 0.172. The number of thiophene rings is 1. The van der Waals surface area contributed by atoms with Gasteiger partial charge in [0.25, 0.3) is 0 Å². The molecule has 1 aromatic heterocycles. The normalized spacial score (nSPS) is 17.9. The zero-order chi connectivity index (χ0) is 26.3. The zero-order valence-corrected chi connectivity index (χ0v) is 23.6. The second-order valence-corrected chi connectivity index (χ2v) is 13.2. The van der Waals surface area contributed by atoms with Crippen LogP contribution in [0.4, 0.5) is 0 Å². The van der Waals surface area contributed by atoms with Crippen molar-refractivity contribution in [2.45, 2.75) is 56.8 Å². The Kier molecular flexibility index (Phi) is 4.99. The molecule has 1 spiro atoms. The summed E-state index contributed by atoms with van der Waals surface area (Å²) in [5.41, 5.74) is 14.9. The minimum Gasteiger partial charge on any atom is -0.135 e. The van der Waals surface area contributed by atoms with Gasteiger partial charge in [0.2, 0.25) is 0 Å². The molecule has 0 radical (unpaired) electrons. The smallest absolute Gasteiger partial charge is 0.0386 e. The third kappa shape index (κ3) is 3.13. The van der Waals surface area contributed by atoms with Gasteiger partial charge in [-0.2, -0.15) is 0 Å². The molecule has 5 aromatic rings. The van der Waals surface area contributed by atoms with Crippen molar-refractivity contribution in [1.82, 2.24) is 0 Å². The fraction of sp³-hybridized carbons (Fsp3) is 0.231. The average molecular weight is 533 g/mol. The Hall–Kier alpha value is -3.68. The van der Waals surface area contributed by atoms with Gasteiger partial charge in [-0.15, -0.1) is 11.3 Å². The number of fused-ring (bicyclic) bond motifs is 7. The summed E-state index contributed by atoms with van der Waals surface area (Å²) in [7, 11) is 0. The molecule has 0 bridgehead atoms. The number of hydrogen-bond acceptors (Lipinski definition) is 1. The fourth-order valence-electron chi connectivity index (χ4n) is 8.44. The van der Waals surface area contributed by atoms with Crippen molar-refractivity contribution in [2.75, 3.05) is 0 Å². The third-order valence-electron chi connectivity index (χ3n) is 10.2. The van der Waals surface area contributed by atoms with Crippen LogP contribution in [-0.2, 0) is 18.3 Å². The lowest BCUT2D eigenvalue weighted by Crippen LogP contribution is -2.27. The molecule has 0 aliphatic heterocycles. The van der Waals surface area contributed by atoms with E-state index in [1.165, 1.54) is 98.9 Å². The van der Waals surface area contributed by atoms with Crippen molar-refractivity contribution in [2.24, 2.45) is 0 Å². The van der Waals surface area contributed by atoms with E-state index in [9.17, 15) is 0 Å². The van der Waals surface area contributed by atoms with Crippen molar-refractivity contribution in [3.63, 3.8) is 0 Å². The Balaban J connectivity index is 1.17. The highest BCUT2D eigenvalue weighted by atomic mass is 32.1. The van der Waals surface area contributed by atoms with E-state index in [-0.39, 0.29) is 5.41 Å². The van der Waals surface area contributed by atoms with Crippen LogP contribution in [0.5, 0.6) is 0 Å². The van der Waals surface area contributed by atoms with E-state index < -0.39 is 0 Å². The molecule has 0 saturated heterocycles. The monoisotopic (exact) mass is 532 g/mol. The van der Waals surface area contributed by atoms with Gasteiger partial charge < -0.3 is 0 Å². The Morgan fingerprint density at radius 2 is 1.40 bits per heavy atom. The maximum atomic E-state index is 2.48. The summed E-state index contributed by atoms with van der Waals surface area (Å²) in [6.07, 6.45) is 17.1. The van der Waals surface area contributed by atoms with Crippen LogP contribution in [0.25, 0.3) is 44.7 Å². The van der Waals surface area contributed by atoms with Crippen molar-refractivity contribution in [1.29, 1.82) is 0 Å². The maximum Gasteiger partial charge on any atom is 0.0386 e. The largest absolute Gasteiger partial charge is 0.135 e. The molecule has 0 nitrogen and oxygen atoms in total. The van der Waals surface area contributed by atoms with E-state index >= 15 is 0 Å². The first kappa shape index (κ1) is 23.1. The summed E-state index contributed by atoms with van der Waals surface area (Å²) < 4.78 is 0. The molecule has 4 aromatic carbocycles. The lowest BCUT2D eigenvalue weighted by molar-refractivity contribution is 0.539. The van der Waals surface area contributed by atoms with Crippen LogP contribution in [0, 0.1) is 0 Å². The lowest BCUT2D eigenvalue weighted by atomic mass is 9.65. The van der Waals surface area contributed by atoms with Crippen LogP contribution in [0.15, 0.2) is 91.0 Å². The van der Waals surface area contributed by atoms with Crippen LogP contribution in [0.3, 0.4) is 0 Å². The number of hydrogen-bond donors (Lipinski definition) is 0. The van der Waals surface area contributed by atoms with E-state index in [1.54, 1.807) is 22.3 Å². The molecule has 0 atom stereocenters. The number of benzene rings is 4. The van der Waals surface area contributed by atoms with E-state index in [0.717, 1.165) is 6.42 Å². The molecule has 1 heteroatoms. The van der Waals surface area contributed by atoms with Gasteiger partial charge in [-0.25, -0.2) is 0 Å². The summed E-state index contributed by atoms with van der Waals surface area (Å²) in [6, 6.07) is 30.6. The van der Waals surface area contributed by atoms with Crippen molar-refractivity contribution in [3.8, 4) is 22.3 Å². The van der Waals surface area contributed by atoms with Gasteiger partial charge in [0.15, 0.2) is 0 Å². The SMILES string of the molecule is C1=Cc2sc3c(c2CC1)CCC=C3c1ccc(-c2ccc3c4c(cccc24)C2(CCCC2)c2ccccc2-3)cc1. The summed E-state index contributed by atoms with van der Waals surface area (Å²) in [5.74, 6) is 0. The number of allylic oxidation sites excluding steroid dienone is 2. The van der Waals surface area contributed by atoms with Crippen LogP contribution in [0.2, 0.25) is 0 Å². The first-order valence-corrected chi connectivity index (χ1v) is 15.9. The van der Waals surface area contributed by atoms with E-state index in [4.69, 9.17) is 0 Å². The summed E-state index contributed by atoms with van der Waals surface area (Å²) >= 11 is 2.00. The summed E-state index contributed by atoms with van der Waals surface area (Å²) in [4.78, 5) is 3.00. The molecule has 4 aliphatic rings. The Bertz CT molecular complexity index is 1890. The molecule has 1 saturated carbocycles. The topological polar surface area (TPSA) is 0 Å². The standard InChI is InChI=1S/C39H32S/c1-3-14-34-29(9-1)32-22-21-27(31-12-8-15-35(37(31)32)39(34)23-5-6-24-39)25-17-19-26(20-18-25)28-11-7-13-33-30-10-2-4-16-36(30)40-38(28)33/h1,3-4,8-9,11-12,14-22H,2,5-7,10,13,23-24H2. The highest BCUT2D eigenvalue weighted by molar-refractivity contribution is 7.14. The molecular weight excluding hydrogens is 500 g/mol. The highest BCUT2D eigenvalue weighted by Crippen LogP contribution is 2.56. The van der Waals surface area contributed by atoms with Crippen molar-refractivity contribution >= 4 is 33.8 Å². The third-order valence-corrected chi connectivity index (χ3v) is 11.5. The fourth-order valence-corrected chi connectivity index (χ4v) is 9.83. The second kappa shape index (κ2) is 8.66. The Morgan fingerprint density at radius 1 is 0.625 bits per heavy atom. The molecule has 9 rings (SSSR count).